The van der Waals surface area contributed by atoms with E-state index in [9.17, 15) is 4.79 Å². The standard InChI is InChI=1S/C18H17N3OS2/c1-11-7-8-13(9-12(11)2)19-16(22)10-24-18-20-15-6-4-3-5-14(15)17(23)21-18/h3-9H,10H2,1-2H3,(H,19,22)(H,20,21,23). The van der Waals surface area contributed by atoms with Gasteiger partial charge in [-0.1, -0.05) is 42.2 Å². The third-order valence-electron chi connectivity index (χ3n) is 3.73. The number of benzene rings is 2. The van der Waals surface area contributed by atoms with Crippen LogP contribution in [-0.2, 0) is 4.79 Å². The molecule has 0 atom stereocenters. The summed E-state index contributed by atoms with van der Waals surface area (Å²) in [5, 5.41) is 4.47. The zero-order valence-electron chi connectivity index (χ0n) is 13.4. The molecule has 122 valence electrons. The summed E-state index contributed by atoms with van der Waals surface area (Å²) in [4.78, 5) is 19.7. The predicted molar refractivity (Wildman–Crippen MR) is 102 cm³/mol. The molecule has 2 N–H and O–H groups in total. The molecule has 0 aliphatic heterocycles. The maximum Gasteiger partial charge on any atom is 0.234 e. The van der Waals surface area contributed by atoms with Gasteiger partial charge in [0, 0.05) is 11.1 Å². The summed E-state index contributed by atoms with van der Waals surface area (Å²) in [6, 6.07) is 13.6. The Morgan fingerprint density at radius 1 is 1.21 bits per heavy atom. The van der Waals surface area contributed by atoms with Gasteiger partial charge in [0.15, 0.2) is 5.16 Å². The number of rotatable bonds is 4. The van der Waals surface area contributed by atoms with Gasteiger partial charge in [0.2, 0.25) is 5.91 Å². The van der Waals surface area contributed by atoms with Crippen molar-refractivity contribution in [1.82, 2.24) is 9.97 Å². The number of carbonyl (C=O) groups excluding carboxylic acids is 1. The maximum absolute atomic E-state index is 12.1. The highest BCUT2D eigenvalue weighted by Gasteiger charge is 2.07. The molecule has 0 fully saturated rings. The first kappa shape index (κ1) is 16.7. The van der Waals surface area contributed by atoms with Crippen LogP contribution in [0.15, 0.2) is 47.6 Å². The number of para-hydroxylation sites is 1. The lowest BCUT2D eigenvalue weighted by molar-refractivity contribution is -0.113. The topological polar surface area (TPSA) is 57.8 Å². The van der Waals surface area contributed by atoms with Crippen molar-refractivity contribution in [3.63, 3.8) is 0 Å². The van der Waals surface area contributed by atoms with Crippen LogP contribution in [0.2, 0.25) is 0 Å². The monoisotopic (exact) mass is 355 g/mol. The molecule has 24 heavy (non-hydrogen) atoms. The summed E-state index contributed by atoms with van der Waals surface area (Å²) in [6.45, 7) is 4.07. The SMILES string of the molecule is Cc1ccc(NC(=O)CSc2nc(=S)c3ccccc3[nH]2)cc1C. The lowest BCUT2D eigenvalue weighted by atomic mass is 10.1. The Morgan fingerprint density at radius 2 is 2.00 bits per heavy atom. The van der Waals surface area contributed by atoms with Crippen molar-refractivity contribution in [2.24, 2.45) is 0 Å². The molecule has 1 aromatic heterocycles. The Morgan fingerprint density at radius 3 is 2.79 bits per heavy atom. The number of thioether (sulfide) groups is 1. The van der Waals surface area contributed by atoms with Crippen molar-refractivity contribution in [2.45, 2.75) is 19.0 Å². The number of aromatic amines is 1. The van der Waals surface area contributed by atoms with Crippen molar-refractivity contribution in [3.8, 4) is 0 Å². The molecule has 1 amide bonds. The third kappa shape index (κ3) is 3.83. The predicted octanol–water partition coefficient (Wildman–Crippen LogP) is 4.64. The van der Waals surface area contributed by atoms with E-state index >= 15 is 0 Å². The first-order valence-corrected chi connectivity index (χ1v) is 8.91. The van der Waals surface area contributed by atoms with E-state index in [1.165, 1.54) is 17.3 Å². The van der Waals surface area contributed by atoms with Gasteiger partial charge in [-0.05, 0) is 49.2 Å². The minimum Gasteiger partial charge on any atom is -0.334 e. The Hall–Kier alpha value is -2.18. The van der Waals surface area contributed by atoms with Crippen molar-refractivity contribution < 1.29 is 4.79 Å². The molecule has 6 heteroatoms. The van der Waals surface area contributed by atoms with Crippen LogP contribution in [0.4, 0.5) is 5.69 Å². The number of anilines is 1. The molecule has 0 spiro atoms. The molecular weight excluding hydrogens is 338 g/mol. The number of nitrogens with zero attached hydrogens (tertiary/aromatic N) is 1. The highest BCUT2D eigenvalue weighted by atomic mass is 32.2. The van der Waals surface area contributed by atoms with Gasteiger partial charge in [-0.25, -0.2) is 4.98 Å². The number of hydrogen-bond donors (Lipinski definition) is 2. The fraction of sp³-hybridized carbons (Fsp3) is 0.167. The maximum atomic E-state index is 12.1. The number of aryl methyl sites for hydroxylation is 2. The normalized spacial score (nSPS) is 10.8. The van der Waals surface area contributed by atoms with E-state index in [2.05, 4.69) is 15.3 Å². The second-order valence-corrected chi connectivity index (χ2v) is 6.88. The summed E-state index contributed by atoms with van der Waals surface area (Å²) < 4.78 is 0.543. The number of H-pyrrole nitrogens is 1. The van der Waals surface area contributed by atoms with Crippen LogP contribution >= 0.6 is 24.0 Å². The van der Waals surface area contributed by atoms with E-state index < -0.39 is 0 Å². The second kappa shape index (κ2) is 7.15. The molecule has 0 aliphatic carbocycles. The van der Waals surface area contributed by atoms with E-state index in [-0.39, 0.29) is 11.7 Å². The molecule has 0 unspecified atom stereocenters. The van der Waals surface area contributed by atoms with Crippen LogP contribution in [0.5, 0.6) is 0 Å². The van der Waals surface area contributed by atoms with Gasteiger partial charge in [-0.15, -0.1) is 0 Å². The van der Waals surface area contributed by atoms with Gasteiger partial charge in [-0.2, -0.15) is 0 Å². The number of fused-ring (bicyclic) bond motifs is 1. The molecule has 3 aromatic rings. The van der Waals surface area contributed by atoms with Gasteiger partial charge in [0.1, 0.15) is 4.64 Å². The lowest BCUT2D eigenvalue weighted by Crippen LogP contribution is -2.14. The van der Waals surface area contributed by atoms with E-state index in [0.717, 1.165) is 22.2 Å². The first-order chi connectivity index (χ1) is 11.5. The summed E-state index contributed by atoms with van der Waals surface area (Å²) in [5.74, 6) is 0.196. The van der Waals surface area contributed by atoms with E-state index in [1.807, 2.05) is 56.3 Å². The lowest BCUT2D eigenvalue weighted by Gasteiger charge is -2.08. The van der Waals surface area contributed by atoms with Gasteiger partial charge < -0.3 is 10.3 Å². The highest BCUT2D eigenvalue weighted by Crippen LogP contribution is 2.19. The molecule has 0 aliphatic rings. The zero-order valence-corrected chi connectivity index (χ0v) is 15.1. The molecule has 2 aromatic carbocycles. The van der Waals surface area contributed by atoms with E-state index in [4.69, 9.17) is 12.2 Å². The van der Waals surface area contributed by atoms with Crippen LogP contribution < -0.4 is 5.32 Å². The number of aromatic nitrogens is 2. The van der Waals surface area contributed by atoms with Crippen molar-refractivity contribution in [2.75, 3.05) is 11.1 Å². The van der Waals surface area contributed by atoms with Gasteiger partial charge in [0.05, 0.1) is 11.3 Å². The largest absolute Gasteiger partial charge is 0.334 e. The minimum atomic E-state index is -0.0717. The van der Waals surface area contributed by atoms with Crippen LogP contribution in [0.1, 0.15) is 11.1 Å². The molecule has 4 nitrogen and oxygen atoms in total. The summed E-state index contributed by atoms with van der Waals surface area (Å²) in [7, 11) is 0. The molecular formula is C18H17N3OS2. The van der Waals surface area contributed by atoms with Crippen LogP contribution in [-0.4, -0.2) is 21.6 Å². The van der Waals surface area contributed by atoms with Gasteiger partial charge in [0.25, 0.3) is 0 Å². The van der Waals surface area contributed by atoms with Gasteiger partial charge >= 0.3 is 0 Å². The highest BCUT2D eigenvalue weighted by molar-refractivity contribution is 7.99. The van der Waals surface area contributed by atoms with E-state index in [1.54, 1.807) is 0 Å². The summed E-state index contributed by atoms with van der Waals surface area (Å²) in [5.41, 5.74) is 4.09. The van der Waals surface area contributed by atoms with Gasteiger partial charge in [-0.3, -0.25) is 4.79 Å². The molecule has 0 saturated carbocycles. The zero-order chi connectivity index (χ0) is 17.1. The minimum absolute atomic E-state index is 0.0717. The number of amides is 1. The van der Waals surface area contributed by atoms with E-state index in [0.29, 0.717) is 9.80 Å². The quantitative estimate of drug-likeness (QED) is 0.407. The molecule has 0 bridgehead atoms. The first-order valence-electron chi connectivity index (χ1n) is 7.52. The Kier molecular flexibility index (Phi) is 4.97. The molecule has 1 heterocycles. The number of nitrogens with one attached hydrogen (secondary N) is 2. The van der Waals surface area contributed by atoms with Crippen LogP contribution in [0, 0.1) is 18.5 Å². The second-order valence-electron chi connectivity index (χ2n) is 5.53. The molecule has 0 saturated heterocycles. The fourth-order valence-corrected chi connectivity index (χ4v) is 3.30. The molecule has 0 radical (unpaired) electrons. The third-order valence-corrected chi connectivity index (χ3v) is 4.92. The summed E-state index contributed by atoms with van der Waals surface area (Å²) in [6.07, 6.45) is 0. The average Bonchev–Trinajstić information content (AvgIpc) is 2.56. The smallest absolute Gasteiger partial charge is 0.234 e. The van der Waals surface area contributed by atoms with Crippen LogP contribution in [0.25, 0.3) is 10.9 Å². The van der Waals surface area contributed by atoms with Crippen LogP contribution in [0.3, 0.4) is 0 Å². The van der Waals surface area contributed by atoms with Crippen molar-refractivity contribution >= 4 is 46.5 Å². The summed E-state index contributed by atoms with van der Waals surface area (Å²) >= 11 is 6.65. The average molecular weight is 355 g/mol. The van der Waals surface area contributed by atoms with Crippen molar-refractivity contribution in [1.29, 1.82) is 0 Å². The van der Waals surface area contributed by atoms with Crippen molar-refractivity contribution in [3.05, 3.63) is 58.2 Å². The Balaban J connectivity index is 1.68. The fourth-order valence-electron chi connectivity index (χ4n) is 2.29. The Labute approximate surface area is 149 Å². The number of carbonyl (C=O) groups is 1. The Bertz CT molecular complexity index is 966. The number of hydrogen-bond acceptors (Lipinski definition) is 4. The molecule has 3 rings (SSSR count).